The van der Waals surface area contributed by atoms with Crippen molar-refractivity contribution in [3.05, 3.63) is 0 Å². The zero-order valence-electron chi connectivity index (χ0n) is 9.08. The quantitative estimate of drug-likeness (QED) is 0.552. The lowest BCUT2D eigenvalue weighted by Gasteiger charge is -2.12. The highest BCUT2D eigenvalue weighted by Gasteiger charge is 2.10. The van der Waals surface area contributed by atoms with Crippen LogP contribution in [0.3, 0.4) is 0 Å². The van der Waals surface area contributed by atoms with Crippen molar-refractivity contribution in [2.24, 2.45) is 17.6 Å². The Bertz CT molecular complexity index is 239. The van der Waals surface area contributed by atoms with Gasteiger partial charge in [-0.15, -0.1) is 0 Å². The standard InChI is InChI=1S/C8H21N3O2S/c1-7(2)5-10-14(12,13)11-6-8(3)4-9/h7-8,10-11H,4-6,9H2,1-3H3. The second-order valence-electron chi connectivity index (χ2n) is 3.94. The van der Waals surface area contributed by atoms with Crippen LogP contribution in [0.5, 0.6) is 0 Å². The molecular formula is C8H21N3O2S. The van der Waals surface area contributed by atoms with Gasteiger partial charge in [-0.05, 0) is 18.4 Å². The lowest BCUT2D eigenvalue weighted by atomic mass is 10.2. The maximum atomic E-state index is 11.3. The van der Waals surface area contributed by atoms with Crippen molar-refractivity contribution in [3.8, 4) is 0 Å². The van der Waals surface area contributed by atoms with Crippen LogP contribution in [0.2, 0.25) is 0 Å². The average molecular weight is 223 g/mol. The fourth-order valence-corrected chi connectivity index (χ4v) is 1.82. The van der Waals surface area contributed by atoms with Gasteiger partial charge in [-0.2, -0.15) is 8.42 Å². The van der Waals surface area contributed by atoms with Gasteiger partial charge >= 0.3 is 0 Å². The molecule has 0 bridgehead atoms. The minimum absolute atomic E-state index is 0.158. The van der Waals surface area contributed by atoms with E-state index in [1.54, 1.807) is 0 Å². The molecule has 1 atom stereocenters. The first-order valence-electron chi connectivity index (χ1n) is 4.81. The van der Waals surface area contributed by atoms with E-state index in [2.05, 4.69) is 9.44 Å². The van der Waals surface area contributed by atoms with Gasteiger partial charge in [0.1, 0.15) is 0 Å². The summed E-state index contributed by atoms with van der Waals surface area (Å²) in [7, 11) is -3.34. The van der Waals surface area contributed by atoms with Crippen molar-refractivity contribution in [3.63, 3.8) is 0 Å². The summed E-state index contributed by atoms with van der Waals surface area (Å²) in [5.74, 6) is 0.462. The van der Waals surface area contributed by atoms with Crippen LogP contribution in [0.15, 0.2) is 0 Å². The lowest BCUT2D eigenvalue weighted by Crippen LogP contribution is -2.41. The summed E-state index contributed by atoms with van der Waals surface area (Å²) in [6, 6.07) is 0. The Morgan fingerprint density at radius 3 is 2.07 bits per heavy atom. The molecule has 0 aliphatic carbocycles. The van der Waals surface area contributed by atoms with Crippen molar-refractivity contribution >= 4 is 10.2 Å². The minimum atomic E-state index is -3.34. The van der Waals surface area contributed by atoms with Crippen molar-refractivity contribution in [1.29, 1.82) is 0 Å². The molecule has 5 nitrogen and oxygen atoms in total. The Morgan fingerprint density at radius 1 is 1.14 bits per heavy atom. The van der Waals surface area contributed by atoms with Crippen LogP contribution in [0.4, 0.5) is 0 Å². The van der Waals surface area contributed by atoms with Gasteiger partial charge in [0.2, 0.25) is 0 Å². The second kappa shape index (κ2) is 6.34. The third-order valence-electron chi connectivity index (χ3n) is 1.71. The van der Waals surface area contributed by atoms with Gasteiger partial charge in [0.15, 0.2) is 0 Å². The molecule has 0 saturated heterocycles. The van der Waals surface area contributed by atoms with Crippen LogP contribution in [-0.2, 0) is 10.2 Å². The van der Waals surface area contributed by atoms with Gasteiger partial charge in [-0.25, -0.2) is 9.44 Å². The highest BCUT2D eigenvalue weighted by atomic mass is 32.2. The van der Waals surface area contributed by atoms with E-state index >= 15 is 0 Å². The van der Waals surface area contributed by atoms with E-state index in [-0.39, 0.29) is 5.92 Å². The third kappa shape index (κ3) is 7.25. The molecule has 1 unspecified atom stereocenters. The largest absolute Gasteiger partial charge is 0.330 e. The van der Waals surface area contributed by atoms with E-state index in [1.807, 2.05) is 20.8 Å². The third-order valence-corrected chi connectivity index (χ3v) is 2.80. The van der Waals surface area contributed by atoms with Gasteiger partial charge in [0.05, 0.1) is 0 Å². The Labute approximate surface area is 86.6 Å². The molecule has 0 radical (unpaired) electrons. The van der Waals surface area contributed by atoms with E-state index in [1.165, 1.54) is 0 Å². The minimum Gasteiger partial charge on any atom is -0.330 e. The fourth-order valence-electron chi connectivity index (χ4n) is 0.663. The summed E-state index contributed by atoms with van der Waals surface area (Å²) in [4.78, 5) is 0. The van der Waals surface area contributed by atoms with Gasteiger partial charge in [0, 0.05) is 13.1 Å². The molecule has 0 aromatic carbocycles. The molecule has 0 aliphatic heterocycles. The highest BCUT2D eigenvalue weighted by Crippen LogP contribution is 1.91. The highest BCUT2D eigenvalue weighted by molar-refractivity contribution is 7.87. The molecule has 0 aromatic heterocycles. The number of hydrogen-bond acceptors (Lipinski definition) is 3. The van der Waals surface area contributed by atoms with Crippen LogP contribution < -0.4 is 15.2 Å². The molecule has 0 amide bonds. The summed E-state index contributed by atoms with van der Waals surface area (Å²) in [6.07, 6.45) is 0. The molecule has 0 rings (SSSR count). The molecule has 0 aromatic rings. The van der Waals surface area contributed by atoms with Gasteiger partial charge in [-0.3, -0.25) is 0 Å². The molecule has 0 aliphatic rings. The van der Waals surface area contributed by atoms with Gasteiger partial charge in [0.25, 0.3) is 10.2 Å². The fraction of sp³-hybridized carbons (Fsp3) is 1.00. The maximum absolute atomic E-state index is 11.3. The van der Waals surface area contributed by atoms with Crippen molar-refractivity contribution in [1.82, 2.24) is 9.44 Å². The van der Waals surface area contributed by atoms with Gasteiger partial charge < -0.3 is 5.73 Å². The first kappa shape index (κ1) is 13.8. The van der Waals surface area contributed by atoms with E-state index in [0.29, 0.717) is 25.6 Å². The molecule has 0 fully saturated rings. The summed E-state index contributed by atoms with van der Waals surface area (Å²) in [6.45, 7) is 7.10. The molecule has 0 saturated carbocycles. The smallest absolute Gasteiger partial charge is 0.276 e. The molecule has 86 valence electrons. The van der Waals surface area contributed by atoms with E-state index < -0.39 is 10.2 Å². The topological polar surface area (TPSA) is 84.2 Å². The second-order valence-corrected chi connectivity index (χ2v) is 5.52. The Kier molecular flexibility index (Phi) is 6.26. The van der Waals surface area contributed by atoms with E-state index in [9.17, 15) is 8.42 Å². The Balaban J connectivity index is 3.84. The summed E-state index contributed by atoms with van der Waals surface area (Å²) < 4.78 is 27.5. The molecule has 6 heteroatoms. The predicted molar refractivity (Wildman–Crippen MR) is 58.0 cm³/mol. The van der Waals surface area contributed by atoms with Crippen LogP contribution in [-0.4, -0.2) is 28.1 Å². The van der Waals surface area contributed by atoms with Crippen LogP contribution in [0.25, 0.3) is 0 Å². The number of nitrogens with one attached hydrogen (secondary N) is 2. The summed E-state index contributed by atoms with van der Waals surface area (Å²) in [5, 5.41) is 0. The number of hydrogen-bond donors (Lipinski definition) is 3. The zero-order chi connectivity index (χ0) is 11.2. The lowest BCUT2D eigenvalue weighted by molar-refractivity contribution is 0.524. The summed E-state index contributed by atoms with van der Waals surface area (Å²) >= 11 is 0. The molecule has 4 N–H and O–H groups in total. The first-order chi connectivity index (χ1) is 6.37. The molecular weight excluding hydrogens is 202 g/mol. The number of nitrogens with two attached hydrogens (primary N) is 1. The SMILES string of the molecule is CC(C)CNS(=O)(=O)NCC(C)CN. The Morgan fingerprint density at radius 2 is 1.64 bits per heavy atom. The molecule has 14 heavy (non-hydrogen) atoms. The first-order valence-corrected chi connectivity index (χ1v) is 6.30. The van der Waals surface area contributed by atoms with Crippen LogP contribution in [0.1, 0.15) is 20.8 Å². The van der Waals surface area contributed by atoms with Crippen molar-refractivity contribution in [2.75, 3.05) is 19.6 Å². The molecule has 0 spiro atoms. The normalized spacial score (nSPS) is 14.6. The average Bonchev–Trinajstić information content (AvgIpc) is 2.11. The van der Waals surface area contributed by atoms with Crippen molar-refractivity contribution < 1.29 is 8.42 Å². The Hall–Kier alpha value is -0.170. The summed E-state index contributed by atoms with van der Waals surface area (Å²) in [5.41, 5.74) is 5.37. The van der Waals surface area contributed by atoms with Gasteiger partial charge in [-0.1, -0.05) is 20.8 Å². The zero-order valence-corrected chi connectivity index (χ0v) is 9.89. The predicted octanol–water partition coefficient (Wildman–Crippen LogP) is -0.339. The number of rotatable bonds is 7. The monoisotopic (exact) mass is 223 g/mol. The molecule has 0 heterocycles. The van der Waals surface area contributed by atoms with Crippen LogP contribution in [0, 0.1) is 11.8 Å². The maximum Gasteiger partial charge on any atom is 0.276 e. The van der Waals surface area contributed by atoms with Crippen LogP contribution >= 0.6 is 0 Å². The van der Waals surface area contributed by atoms with E-state index in [0.717, 1.165) is 0 Å². The van der Waals surface area contributed by atoms with Crippen molar-refractivity contribution in [2.45, 2.75) is 20.8 Å². The van der Waals surface area contributed by atoms with E-state index in [4.69, 9.17) is 5.73 Å².